The highest BCUT2D eigenvalue weighted by atomic mass is 16.4. The van der Waals surface area contributed by atoms with Crippen molar-refractivity contribution in [3.63, 3.8) is 0 Å². The van der Waals surface area contributed by atoms with Crippen LogP contribution in [-0.4, -0.2) is 44.8 Å². The summed E-state index contributed by atoms with van der Waals surface area (Å²) in [6.07, 6.45) is 1.37. The van der Waals surface area contributed by atoms with E-state index < -0.39 is 11.9 Å². The number of aromatic nitrogens is 2. The van der Waals surface area contributed by atoms with Crippen molar-refractivity contribution in [1.29, 1.82) is 0 Å². The first-order valence-electron chi connectivity index (χ1n) is 6.96. The third kappa shape index (κ3) is 2.84. The SMILES string of the molecule is CC(C)c1cc(C(=O)N2CCCC(C(=O)O)C2)nn1C. The number of aliphatic carboxylic acids is 1. The third-order valence-corrected chi connectivity index (χ3v) is 3.78. The molecule has 0 spiro atoms. The van der Waals surface area contributed by atoms with Crippen LogP contribution in [0, 0.1) is 5.92 Å². The molecular weight excluding hydrogens is 258 g/mol. The van der Waals surface area contributed by atoms with Crippen molar-refractivity contribution in [3.05, 3.63) is 17.5 Å². The van der Waals surface area contributed by atoms with Gasteiger partial charge in [0, 0.05) is 25.8 Å². The molecule has 110 valence electrons. The Morgan fingerprint density at radius 2 is 2.15 bits per heavy atom. The van der Waals surface area contributed by atoms with Crippen molar-refractivity contribution in [2.24, 2.45) is 13.0 Å². The summed E-state index contributed by atoms with van der Waals surface area (Å²) in [5.41, 5.74) is 1.40. The standard InChI is InChI=1S/C14H21N3O3/c1-9(2)12-7-11(15-16(12)3)13(18)17-6-4-5-10(8-17)14(19)20/h7,9-10H,4-6,8H2,1-3H3,(H,19,20). The zero-order valence-corrected chi connectivity index (χ0v) is 12.2. The first-order chi connectivity index (χ1) is 9.40. The van der Waals surface area contributed by atoms with E-state index in [0.717, 1.165) is 12.1 Å². The summed E-state index contributed by atoms with van der Waals surface area (Å²) in [5, 5.41) is 13.3. The van der Waals surface area contributed by atoms with Crippen LogP contribution >= 0.6 is 0 Å². The van der Waals surface area contributed by atoms with Crippen LogP contribution in [0.25, 0.3) is 0 Å². The Balaban J connectivity index is 2.14. The summed E-state index contributed by atoms with van der Waals surface area (Å²) in [5.74, 6) is -1.16. The highest BCUT2D eigenvalue weighted by Gasteiger charge is 2.29. The van der Waals surface area contributed by atoms with Crippen molar-refractivity contribution in [1.82, 2.24) is 14.7 Å². The average Bonchev–Trinajstić information content (AvgIpc) is 2.80. The predicted molar refractivity (Wildman–Crippen MR) is 73.6 cm³/mol. The number of carboxylic acid groups (broad SMARTS) is 1. The first-order valence-corrected chi connectivity index (χ1v) is 6.96. The highest BCUT2D eigenvalue weighted by Crippen LogP contribution is 2.20. The number of carboxylic acids is 1. The summed E-state index contributed by atoms with van der Waals surface area (Å²) in [6, 6.07) is 1.80. The number of carbonyl (C=O) groups is 2. The maximum absolute atomic E-state index is 12.4. The van der Waals surface area contributed by atoms with E-state index in [1.807, 2.05) is 20.9 Å². The lowest BCUT2D eigenvalue weighted by atomic mass is 9.98. The van der Waals surface area contributed by atoms with Crippen molar-refractivity contribution in [2.45, 2.75) is 32.6 Å². The van der Waals surface area contributed by atoms with Crippen molar-refractivity contribution < 1.29 is 14.7 Å². The topological polar surface area (TPSA) is 75.4 Å². The second-order valence-corrected chi connectivity index (χ2v) is 5.66. The molecule has 6 nitrogen and oxygen atoms in total. The number of piperidine rings is 1. The van der Waals surface area contributed by atoms with Crippen molar-refractivity contribution >= 4 is 11.9 Å². The van der Waals surface area contributed by atoms with Crippen LogP contribution in [-0.2, 0) is 11.8 Å². The van der Waals surface area contributed by atoms with Gasteiger partial charge in [0.15, 0.2) is 5.69 Å². The lowest BCUT2D eigenvalue weighted by molar-refractivity contribution is -0.143. The number of aryl methyl sites for hydroxylation is 1. The minimum absolute atomic E-state index is 0.168. The van der Waals surface area contributed by atoms with Crippen molar-refractivity contribution in [3.8, 4) is 0 Å². The number of carbonyl (C=O) groups excluding carboxylic acids is 1. The van der Waals surface area contributed by atoms with E-state index in [2.05, 4.69) is 5.10 Å². The van der Waals surface area contributed by atoms with E-state index in [-0.39, 0.29) is 12.5 Å². The number of hydrogen-bond acceptors (Lipinski definition) is 3. The molecule has 2 rings (SSSR count). The van der Waals surface area contributed by atoms with E-state index >= 15 is 0 Å². The van der Waals surface area contributed by atoms with Crippen LogP contribution in [0.15, 0.2) is 6.07 Å². The third-order valence-electron chi connectivity index (χ3n) is 3.78. The fourth-order valence-corrected chi connectivity index (χ4v) is 2.65. The van der Waals surface area contributed by atoms with Crippen LogP contribution in [0.3, 0.4) is 0 Å². The van der Waals surface area contributed by atoms with Crippen LogP contribution in [0.5, 0.6) is 0 Å². The van der Waals surface area contributed by atoms with Gasteiger partial charge in [-0.05, 0) is 24.8 Å². The van der Waals surface area contributed by atoms with Gasteiger partial charge in [-0.3, -0.25) is 14.3 Å². The maximum atomic E-state index is 12.4. The average molecular weight is 279 g/mol. The van der Waals surface area contributed by atoms with Crippen LogP contribution in [0.4, 0.5) is 0 Å². The molecule has 1 unspecified atom stereocenters. The Morgan fingerprint density at radius 3 is 2.70 bits per heavy atom. The molecule has 1 aromatic rings. The number of hydrogen-bond donors (Lipinski definition) is 1. The second-order valence-electron chi connectivity index (χ2n) is 5.66. The minimum Gasteiger partial charge on any atom is -0.481 e. The number of amides is 1. The Morgan fingerprint density at radius 1 is 1.45 bits per heavy atom. The molecule has 1 aliphatic rings. The molecule has 0 aromatic carbocycles. The maximum Gasteiger partial charge on any atom is 0.308 e. The molecule has 0 radical (unpaired) electrons. The van der Waals surface area contributed by atoms with E-state index in [9.17, 15) is 9.59 Å². The molecule has 1 atom stereocenters. The zero-order valence-electron chi connectivity index (χ0n) is 12.2. The summed E-state index contributed by atoms with van der Waals surface area (Å²) in [4.78, 5) is 25.1. The van der Waals surface area contributed by atoms with Gasteiger partial charge in [-0.25, -0.2) is 0 Å². The molecular formula is C14H21N3O3. The van der Waals surface area contributed by atoms with Crippen LogP contribution in [0.2, 0.25) is 0 Å². The largest absolute Gasteiger partial charge is 0.481 e. The van der Waals surface area contributed by atoms with Gasteiger partial charge in [0.25, 0.3) is 5.91 Å². The summed E-state index contributed by atoms with van der Waals surface area (Å²) in [6.45, 7) is 4.98. The molecule has 6 heteroatoms. The normalized spacial score (nSPS) is 19.4. The lowest BCUT2D eigenvalue weighted by Gasteiger charge is -2.30. The van der Waals surface area contributed by atoms with Gasteiger partial charge >= 0.3 is 5.97 Å². The molecule has 20 heavy (non-hydrogen) atoms. The predicted octanol–water partition coefficient (Wildman–Crippen LogP) is 1.48. The first kappa shape index (κ1) is 14.6. The van der Waals surface area contributed by atoms with E-state index in [0.29, 0.717) is 24.6 Å². The number of likely N-dealkylation sites (tertiary alicyclic amines) is 1. The van der Waals surface area contributed by atoms with Gasteiger partial charge in [0.2, 0.25) is 0 Å². The van der Waals surface area contributed by atoms with Gasteiger partial charge < -0.3 is 10.0 Å². The van der Waals surface area contributed by atoms with E-state index in [1.165, 1.54) is 0 Å². The molecule has 1 aliphatic heterocycles. The number of rotatable bonds is 3. The van der Waals surface area contributed by atoms with E-state index in [1.54, 1.807) is 15.6 Å². The fourth-order valence-electron chi connectivity index (χ4n) is 2.65. The van der Waals surface area contributed by atoms with Gasteiger partial charge in [0.1, 0.15) is 0 Å². The van der Waals surface area contributed by atoms with Gasteiger partial charge in [-0.15, -0.1) is 0 Å². The smallest absolute Gasteiger partial charge is 0.308 e. The van der Waals surface area contributed by atoms with Crippen molar-refractivity contribution in [2.75, 3.05) is 13.1 Å². The molecule has 1 aromatic heterocycles. The highest BCUT2D eigenvalue weighted by molar-refractivity contribution is 5.92. The Hall–Kier alpha value is -1.85. The molecule has 0 saturated carbocycles. The van der Waals surface area contributed by atoms with E-state index in [4.69, 9.17) is 5.11 Å². The van der Waals surface area contributed by atoms with Gasteiger partial charge in [0.05, 0.1) is 5.92 Å². The summed E-state index contributed by atoms with van der Waals surface area (Å²) in [7, 11) is 1.82. The van der Waals surface area contributed by atoms with Crippen LogP contribution < -0.4 is 0 Å². The Kier molecular flexibility index (Phi) is 4.11. The molecule has 1 N–H and O–H groups in total. The molecule has 0 aliphatic carbocycles. The summed E-state index contributed by atoms with van der Waals surface area (Å²) < 4.78 is 1.72. The Bertz CT molecular complexity index is 522. The molecule has 1 saturated heterocycles. The Labute approximate surface area is 118 Å². The second kappa shape index (κ2) is 5.64. The van der Waals surface area contributed by atoms with Gasteiger partial charge in [-0.2, -0.15) is 5.10 Å². The molecule has 1 amide bonds. The minimum atomic E-state index is -0.827. The quantitative estimate of drug-likeness (QED) is 0.909. The molecule has 0 bridgehead atoms. The zero-order chi connectivity index (χ0) is 14.9. The number of nitrogens with zero attached hydrogens (tertiary/aromatic N) is 3. The monoisotopic (exact) mass is 279 g/mol. The fraction of sp³-hybridized carbons (Fsp3) is 0.643. The molecule has 1 fully saturated rings. The van der Waals surface area contributed by atoms with Crippen LogP contribution in [0.1, 0.15) is 48.8 Å². The summed E-state index contributed by atoms with van der Waals surface area (Å²) >= 11 is 0. The lowest BCUT2D eigenvalue weighted by Crippen LogP contribution is -2.42. The van der Waals surface area contributed by atoms with Gasteiger partial charge in [-0.1, -0.05) is 13.8 Å². The molecule has 2 heterocycles.